The summed E-state index contributed by atoms with van der Waals surface area (Å²) in [5.74, 6) is -1.13. The van der Waals surface area contributed by atoms with E-state index in [0.29, 0.717) is 10.8 Å². The van der Waals surface area contributed by atoms with Crippen LogP contribution in [0.2, 0.25) is 0 Å². The van der Waals surface area contributed by atoms with Crippen LogP contribution in [-0.2, 0) is 29.3 Å². The van der Waals surface area contributed by atoms with Crippen LogP contribution < -0.4 is 0 Å². The molecule has 0 amide bonds. The van der Waals surface area contributed by atoms with Gasteiger partial charge in [-0.2, -0.15) is 0 Å². The molecule has 140 valence electrons. The van der Waals surface area contributed by atoms with E-state index < -0.39 is 19.7 Å². The molecule has 2 rings (SSSR count). The minimum Gasteiger partial charge on any atom is -0.300 e. The number of sulfone groups is 2. The molecular formula is C18H20O6S2. The molecule has 0 aromatic heterocycles. The first-order valence-corrected chi connectivity index (χ1v) is 11.3. The molecule has 0 atom stereocenters. The minimum absolute atomic E-state index is 0.000122. The van der Waals surface area contributed by atoms with Crippen molar-refractivity contribution in [2.75, 3.05) is 11.5 Å². The van der Waals surface area contributed by atoms with E-state index in [4.69, 9.17) is 0 Å². The summed E-state index contributed by atoms with van der Waals surface area (Å²) in [6.45, 7) is 2.64. The SMILES string of the molecule is CC(=O)CCS(=O)(=O)c1cccc2c(S(=O)(=O)CCC(C)=O)cccc12. The zero-order valence-electron chi connectivity index (χ0n) is 14.6. The highest BCUT2D eigenvalue weighted by molar-refractivity contribution is 7.92. The zero-order chi connectivity index (χ0) is 19.5. The molecule has 0 saturated carbocycles. The molecule has 0 radical (unpaired) electrons. The number of fused-ring (bicyclic) bond motifs is 1. The average molecular weight is 396 g/mol. The van der Waals surface area contributed by atoms with E-state index in [0.717, 1.165) is 0 Å². The number of rotatable bonds is 8. The van der Waals surface area contributed by atoms with E-state index in [9.17, 15) is 26.4 Å². The largest absolute Gasteiger partial charge is 0.300 e. The minimum atomic E-state index is -3.74. The van der Waals surface area contributed by atoms with Crippen LogP contribution in [0.4, 0.5) is 0 Å². The summed E-state index contributed by atoms with van der Waals surface area (Å²) in [6, 6.07) is 8.85. The number of Topliss-reactive ketones (excluding diaryl/α,β-unsaturated/α-hetero) is 2. The first-order chi connectivity index (χ1) is 12.0. The normalized spacial score (nSPS) is 12.2. The van der Waals surface area contributed by atoms with Gasteiger partial charge in [0.25, 0.3) is 0 Å². The predicted molar refractivity (Wildman–Crippen MR) is 98.6 cm³/mol. The maximum atomic E-state index is 12.6. The Labute approximate surface area is 153 Å². The Hall–Kier alpha value is -2.06. The van der Waals surface area contributed by atoms with Crippen LogP contribution in [-0.4, -0.2) is 39.9 Å². The molecule has 0 fully saturated rings. The van der Waals surface area contributed by atoms with Crippen molar-refractivity contribution in [2.24, 2.45) is 0 Å². The average Bonchev–Trinajstić information content (AvgIpc) is 2.57. The second kappa shape index (κ2) is 7.67. The number of hydrogen-bond donors (Lipinski definition) is 0. The smallest absolute Gasteiger partial charge is 0.179 e. The van der Waals surface area contributed by atoms with Crippen LogP contribution in [0.25, 0.3) is 10.8 Å². The Morgan fingerprint density at radius 1 is 0.692 bits per heavy atom. The fourth-order valence-electron chi connectivity index (χ4n) is 2.57. The number of carbonyl (C=O) groups is 2. The molecule has 0 unspecified atom stereocenters. The van der Waals surface area contributed by atoms with Crippen molar-refractivity contribution in [1.82, 2.24) is 0 Å². The first kappa shape index (κ1) is 20.3. The summed E-state index contributed by atoms with van der Waals surface area (Å²) >= 11 is 0. The van der Waals surface area contributed by atoms with Gasteiger partial charge in [-0.05, 0) is 26.0 Å². The maximum absolute atomic E-state index is 12.6. The van der Waals surface area contributed by atoms with Crippen molar-refractivity contribution in [3.8, 4) is 0 Å². The number of hydrogen-bond acceptors (Lipinski definition) is 6. The van der Waals surface area contributed by atoms with Crippen molar-refractivity contribution < 1.29 is 26.4 Å². The van der Waals surface area contributed by atoms with Crippen LogP contribution in [0, 0.1) is 0 Å². The van der Waals surface area contributed by atoms with Crippen LogP contribution in [0.15, 0.2) is 46.2 Å². The summed E-state index contributed by atoms with van der Waals surface area (Å²) < 4.78 is 50.3. The van der Waals surface area contributed by atoms with E-state index in [1.807, 2.05) is 0 Å². The Kier molecular flexibility index (Phi) is 5.98. The Morgan fingerprint density at radius 2 is 1.04 bits per heavy atom. The van der Waals surface area contributed by atoms with E-state index in [1.165, 1.54) is 38.1 Å². The molecule has 6 nitrogen and oxygen atoms in total. The third-order valence-electron chi connectivity index (χ3n) is 3.96. The summed E-state index contributed by atoms with van der Waals surface area (Å²) in [6.07, 6.45) is -0.204. The second-order valence-electron chi connectivity index (χ2n) is 6.15. The third kappa shape index (κ3) is 4.56. The van der Waals surface area contributed by atoms with Gasteiger partial charge in [0, 0.05) is 23.6 Å². The van der Waals surface area contributed by atoms with Gasteiger partial charge in [0.15, 0.2) is 19.7 Å². The third-order valence-corrected chi connectivity index (χ3v) is 7.49. The van der Waals surface area contributed by atoms with Gasteiger partial charge in [-0.3, -0.25) is 9.59 Å². The van der Waals surface area contributed by atoms with Crippen molar-refractivity contribution >= 4 is 42.0 Å². The molecule has 26 heavy (non-hydrogen) atoms. The van der Waals surface area contributed by atoms with Crippen molar-refractivity contribution in [1.29, 1.82) is 0 Å². The Balaban J connectivity index is 2.59. The molecule has 0 N–H and O–H groups in total. The molecule has 0 aliphatic heterocycles. The first-order valence-electron chi connectivity index (χ1n) is 8.01. The van der Waals surface area contributed by atoms with Crippen LogP contribution in [0.1, 0.15) is 26.7 Å². The highest BCUT2D eigenvalue weighted by Crippen LogP contribution is 2.30. The maximum Gasteiger partial charge on any atom is 0.179 e. The highest BCUT2D eigenvalue weighted by atomic mass is 32.2. The van der Waals surface area contributed by atoms with Crippen molar-refractivity contribution in [3.05, 3.63) is 36.4 Å². The van der Waals surface area contributed by atoms with Gasteiger partial charge >= 0.3 is 0 Å². The lowest BCUT2D eigenvalue weighted by molar-refractivity contribution is -0.117. The second-order valence-corrected chi connectivity index (χ2v) is 10.3. The Bertz CT molecular complexity index is 979. The molecule has 2 aromatic carbocycles. The van der Waals surface area contributed by atoms with Crippen LogP contribution in [0.3, 0.4) is 0 Å². The van der Waals surface area contributed by atoms with E-state index in [1.54, 1.807) is 12.1 Å². The molecule has 2 aromatic rings. The van der Waals surface area contributed by atoms with Gasteiger partial charge in [-0.15, -0.1) is 0 Å². The molecule has 0 aliphatic rings. The van der Waals surface area contributed by atoms with E-state index in [2.05, 4.69) is 0 Å². The lowest BCUT2D eigenvalue weighted by atomic mass is 10.1. The zero-order valence-corrected chi connectivity index (χ0v) is 16.2. The highest BCUT2D eigenvalue weighted by Gasteiger charge is 2.22. The summed E-state index contributed by atoms with van der Waals surface area (Å²) in [7, 11) is -7.48. The van der Waals surface area contributed by atoms with Gasteiger partial charge < -0.3 is 0 Å². The number of carbonyl (C=O) groups excluding carboxylic acids is 2. The van der Waals surface area contributed by atoms with Crippen LogP contribution in [0.5, 0.6) is 0 Å². The molecule has 0 saturated heterocycles. The number of benzene rings is 2. The van der Waals surface area contributed by atoms with Gasteiger partial charge in [-0.25, -0.2) is 16.8 Å². The van der Waals surface area contributed by atoms with E-state index >= 15 is 0 Å². The standard InChI is InChI=1S/C18H20O6S2/c1-13(19)9-11-25(21,22)17-7-3-6-16-15(17)5-4-8-18(16)26(23,24)12-10-14(2)20/h3-8H,9-12H2,1-2H3. The molecular weight excluding hydrogens is 376 g/mol. The lowest BCUT2D eigenvalue weighted by Crippen LogP contribution is -2.12. The quantitative estimate of drug-likeness (QED) is 0.679. The Morgan fingerprint density at radius 3 is 1.35 bits per heavy atom. The summed E-state index contributed by atoms with van der Waals surface area (Å²) in [4.78, 5) is 22.3. The fraction of sp³-hybridized carbons (Fsp3) is 0.333. The van der Waals surface area contributed by atoms with Crippen molar-refractivity contribution in [2.45, 2.75) is 36.5 Å². The number of ketones is 2. The van der Waals surface area contributed by atoms with Gasteiger partial charge in [0.1, 0.15) is 11.6 Å². The lowest BCUT2D eigenvalue weighted by Gasteiger charge is -2.11. The summed E-state index contributed by atoms with van der Waals surface area (Å²) in [5, 5.41) is 0.583. The molecule has 8 heteroatoms. The fourth-order valence-corrected chi connectivity index (χ4v) is 5.72. The van der Waals surface area contributed by atoms with Gasteiger partial charge in [-0.1, -0.05) is 24.3 Å². The van der Waals surface area contributed by atoms with Gasteiger partial charge in [0.05, 0.1) is 21.3 Å². The molecule has 0 heterocycles. The molecule has 0 aliphatic carbocycles. The van der Waals surface area contributed by atoms with E-state index in [-0.39, 0.29) is 45.7 Å². The van der Waals surface area contributed by atoms with Crippen LogP contribution >= 0.6 is 0 Å². The summed E-state index contributed by atoms with van der Waals surface area (Å²) in [5.41, 5.74) is 0. The molecule has 0 spiro atoms. The van der Waals surface area contributed by atoms with Crippen molar-refractivity contribution in [3.63, 3.8) is 0 Å². The predicted octanol–water partition coefficient (Wildman–Crippen LogP) is 2.35. The van der Waals surface area contributed by atoms with Gasteiger partial charge in [0.2, 0.25) is 0 Å². The topological polar surface area (TPSA) is 102 Å². The monoisotopic (exact) mass is 396 g/mol. The molecule has 0 bridgehead atoms.